The third-order valence-electron chi connectivity index (χ3n) is 7.23. The number of carbonyl (C=O) groups is 1. The van der Waals surface area contributed by atoms with Crippen molar-refractivity contribution < 1.29 is 14.6 Å². The molecule has 1 amide bonds. The normalized spacial score (nSPS) is 32.0. The molecular formula is C22H31NO3. The van der Waals surface area contributed by atoms with Crippen molar-refractivity contribution in [3.8, 4) is 0 Å². The Morgan fingerprint density at radius 1 is 1.15 bits per heavy atom. The highest BCUT2D eigenvalue weighted by Gasteiger charge is 2.53. The zero-order valence-electron chi connectivity index (χ0n) is 16.3. The second kappa shape index (κ2) is 6.07. The number of nitrogens with zero attached hydrogens (tertiary/aromatic N) is 1. The summed E-state index contributed by atoms with van der Waals surface area (Å²) in [7, 11) is 1.84. The summed E-state index contributed by atoms with van der Waals surface area (Å²) in [6, 6.07) is 8.55. The SMILES string of the molecule is COC1(c2ccccc2C)CCC2(CC1)CN(C(=O)C1CC(C)(O)C1)C2. The number of carbonyl (C=O) groups excluding carboxylic acids is 1. The molecule has 1 aromatic carbocycles. The van der Waals surface area contributed by atoms with Crippen molar-refractivity contribution in [2.75, 3.05) is 20.2 Å². The van der Waals surface area contributed by atoms with Gasteiger partial charge in [-0.3, -0.25) is 4.79 Å². The molecule has 1 N–H and O–H groups in total. The van der Waals surface area contributed by atoms with Gasteiger partial charge in [0.2, 0.25) is 5.91 Å². The molecule has 4 nitrogen and oxygen atoms in total. The summed E-state index contributed by atoms with van der Waals surface area (Å²) in [5.74, 6) is 0.292. The average Bonchev–Trinajstić information content (AvgIpc) is 2.57. The molecule has 1 aromatic rings. The second-order valence-corrected chi connectivity index (χ2v) is 9.31. The lowest BCUT2D eigenvalue weighted by Gasteiger charge is -2.57. The van der Waals surface area contributed by atoms with Crippen LogP contribution in [0.2, 0.25) is 0 Å². The minimum absolute atomic E-state index is 0.0379. The summed E-state index contributed by atoms with van der Waals surface area (Å²) in [6.07, 6.45) is 5.51. The number of aryl methyl sites for hydroxylation is 1. The lowest BCUT2D eigenvalue weighted by atomic mass is 9.62. The van der Waals surface area contributed by atoms with Crippen LogP contribution in [0.25, 0.3) is 0 Å². The number of rotatable bonds is 3. The van der Waals surface area contributed by atoms with Crippen LogP contribution in [0.5, 0.6) is 0 Å². The van der Waals surface area contributed by atoms with E-state index in [0.717, 1.165) is 38.8 Å². The van der Waals surface area contributed by atoms with E-state index in [2.05, 4.69) is 31.2 Å². The average molecular weight is 357 g/mol. The van der Waals surface area contributed by atoms with Gasteiger partial charge in [-0.2, -0.15) is 0 Å². The Bertz CT molecular complexity index is 687. The van der Waals surface area contributed by atoms with Gasteiger partial charge in [0.1, 0.15) is 0 Å². The van der Waals surface area contributed by atoms with Gasteiger partial charge in [-0.05, 0) is 63.5 Å². The number of hydrogen-bond acceptors (Lipinski definition) is 3. The number of aliphatic hydroxyl groups is 1. The van der Waals surface area contributed by atoms with Gasteiger partial charge in [-0.25, -0.2) is 0 Å². The van der Waals surface area contributed by atoms with E-state index in [1.807, 2.05) is 18.9 Å². The van der Waals surface area contributed by atoms with E-state index in [0.29, 0.717) is 12.8 Å². The molecule has 4 rings (SSSR count). The number of amides is 1. The molecular weight excluding hydrogens is 326 g/mol. The summed E-state index contributed by atoms with van der Waals surface area (Å²) < 4.78 is 6.06. The summed E-state index contributed by atoms with van der Waals surface area (Å²) in [4.78, 5) is 14.6. The number of hydrogen-bond donors (Lipinski definition) is 1. The Hall–Kier alpha value is -1.39. The lowest BCUT2D eigenvalue weighted by Crippen LogP contribution is -2.63. The Kier molecular flexibility index (Phi) is 4.20. The highest BCUT2D eigenvalue weighted by Crippen LogP contribution is 2.52. The number of ether oxygens (including phenoxy) is 1. The zero-order valence-corrected chi connectivity index (χ0v) is 16.3. The topological polar surface area (TPSA) is 49.8 Å². The minimum atomic E-state index is -0.626. The molecule has 1 aliphatic heterocycles. The van der Waals surface area contributed by atoms with Gasteiger partial charge in [0, 0.05) is 31.5 Å². The number of benzene rings is 1. The van der Waals surface area contributed by atoms with Gasteiger partial charge in [-0.15, -0.1) is 0 Å². The molecule has 2 saturated carbocycles. The first kappa shape index (κ1) is 18.0. The van der Waals surface area contributed by atoms with Crippen molar-refractivity contribution in [2.24, 2.45) is 11.3 Å². The fourth-order valence-electron chi connectivity index (χ4n) is 5.52. The molecule has 1 heterocycles. The van der Waals surface area contributed by atoms with E-state index in [-0.39, 0.29) is 22.8 Å². The molecule has 3 fully saturated rings. The molecule has 0 aromatic heterocycles. The predicted molar refractivity (Wildman–Crippen MR) is 101 cm³/mol. The van der Waals surface area contributed by atoms with Crippen LogP contribution in [0.4, 0.5) is 0 Å². The molecule has 0 atom stereocenters. The lowest BCUT2D eigenvalue weighted by molar-refractivity contribution is -0.168. The monoisotopic (exact) mass is 357 g/mol. The Balaban J connectivity index is 1.37. The van der Waals surface area contributed by atoms with Crippen LogP contribution in [-0.4, -0.2) is 41.7 Å². The summed E-state index contributed by atoms with van der Waals surface area (Å²) in [5, 5.41) is 9.88. The Labute approximate surface area is 156 Å². The quantitative estimate of drug-likeness (QED) is 0.902. The van der Waals surface area contributed by atoms with Crippen LogP contribution < -0.4 is 0 Å². The third kappa shape index (κ3) is 2.87. The van der Waals surface area contributed by atoms with Gasteiger partial charge in [0.05, 0.1) is 11.2 Å². The third-order valence-corrected chi connectivity index (χ3v) is 7.23. The van der Waals surface area contributed by atoms with E-state index in [9.17, 15) is 9.90 Å². The maximum absolute atomic E-state index is 12.6. The van der Waals surface area contributed by atoms with Crippen molar-refractivity contribution in [3.63, 3.8) is 0 Å². The van der Waals surface area contributed by atoms with Crippen molar-refractivity contribution in [1.82, 2.24) is 4.90 Å². The number of methoxy groups -OCH3 is 1. The first-order chi connectivity index (χ1) is 12.3. The van der Waals surface area contributed by atoms with Crippen molar-refractivity contribution in [3.05, 3.63) is 35.4 Å². The van der Waals surface area contributed by atoms with E-state index >= 15 is 0 Å². The van der Waals surface area contributed by atoms with Crippen LogP contribution in [0.1, 0.15) is 56.6 Å². The largest absolute Gasteiger partial charge is 0.390 e. The summed E-state index contributed by atoms with van der Waals surface area (Å²) >= 11 is 0. The fourth-order valence-corrected chi connectivity index (χ4v) is 5.52. The van der Waals surface area contributed by atoms with Crippen molar-refractivity contribution in [1.29, 1.82) is 0 Å². The van der Waals surface area contributed by atoms with E-state index < -0.39 is 5.60 Å². The highest BCUT2D eigenvalue weighted by atomic mass is 16.5. The molecule has 0 unspecified atom stereocenters. The molecule has 0 radical (unpaired) electrons. The summed E-state index contributed by atoms with van der Waals surface area (Å²) in [5.41, 5.74) is 2.11. The van der Waals surface area contributed by atoms with Crippen molar-refractivity contribution >= 4 is 5.91 Å². The Morgan fingerprint density at radius 2 is 1.77 bits per heavy atom. The first-order valence-electron chi connectivity index (χ1n) is 9.91. The maximum atomic E-state index is 12.6. The van der Waals surface area contributed by atoms with E-state index in [4.69, 9.17) is 4.74 Å². The second-order valence-electron chi connectivity index (χ2n) is 9.31. The molecule has 4 heteroatoms. The van der Waals surface area contributed by atoms with Crippen LogP contribution in [0, 0.1) is 18.3 Å². The molecule has 26 heavy (non-hydrogen) atoms. The Morgan fingerprint density at radius 3 is 2.31 bits per heavy atom. The van der Waals surface area contributed by atoms with Crippen LogP contribution in [0.15, 0.2) is 24.3 Å². The summed E-state index contributed by atoms with van der Waals surface area (Å²) in [6.45, 7) is 5.76. The number of likely N-dealkylation sites (tertiary alicyclic amines) is 1. The molecule has 3 aliphatic rings. The fraction of sp³-hybridized carbons (Fsp3) is 0.682. The van der Waals surface area contributed by atoms with Crippen LogP contribution in [-0.2, 0) is 15.1 Å². The van der Waals surface area contributed by atoms with E-state index in [1.165, 1.54) is 11.1 Å². The van der Waals surface area contributed by atoms with Gasteiger partial charge in [-0.1, -0.05) is 24.3 Å². The predicted octanol–water partition coefficient (Wildman–Crippen LogP) is 3.40. The van der Waals surface area contributed by atoms with Gasteiger partial charge >= 0.3 is 0 Å². The van der Waals surface area contributed by atoms with E-state index in [1.54, 1.807) is 0 Å². The smallest absolute Gasteiger partial charge is 0.225 e. The van der Waals surface area contributed by atoms with Gasteiger partial charge in [0.15, 0.2) is 0 Å². The van der Waals surface area contributed by atoms with Crippen molar-refractivity contribution in [2.45, 2.75) is 63.6 Å². The molecule has 1 saturated heterocycles. The van der Waals surface area contributed by atoms with Crippen LogP contribution in [0.3, 0.4) is 0 Å². The minimum Gasteiger partial charge on any atom is -0.390 e. The molecule has 142 valence electrons. The zero-order chi connectivity index (χ0) is 18.6. The molecule has 2 aliphatic carbocycles. The standard InChI is InChI=1S/C22H31NO3/c1-16-6-4-5-7-18(16)22(26-3)10-8-21(9-11-22)14-23(15-21)19(24)17-12-20(2,25)13-17/h4-7,17,25H,8-15H2,1-3H3. The molecule has 0 bridgehead atoms. The maximum Gasteiger partial charge on any atom is 0.225 e. The van der Waals surface area contributed by atoms with Gasteiger partial charge < -0.3 is 14.7 Å². The van der Waals surface area contributed by atoms with Crippen LogP contribution >= 0.6 is 0 Å². The van der Waals surface area contributed by atoms with Gasteiger partial charge in [0.25, 0.3) is 0 Å². The highest BCUT2D eigenvalue weighted by molar-refractivity contribution is 5.81. The first-order valence-corrected chi connectivity index (χ1v) is 9.91. The molecule has 1 spiro atoms.